The average Bonchev–Trinajstić information content (AvgIpc) is 3.65. The number of benzene rings is 2. The number of aliphatic hydroxyl groups excluding tert-OH is 1. The Morgan fingerprint density at radius 3 is 2.40 bits per heavy atom. The van der Waals surface area contributed by atoms with E-state index in [0.29, 0.717) is 34.7 Å². The molecule has 1 saturated carbocycles. The molecule has 0 radical (unpaired) electrons. The first-order chi connectivity index (χ1) is 27.4. The number of rotatable bonds is 11. The second kappa shape index (κ2) is 14.1. The molecule has 0 saturated heterocycles. The van der Waals surface area contributed by atoms with Crippen LogP contribution in [0.15, 0.2) is 42.5 Å². The summed E-state index contributed by atoms with van der Waals surface area (Å²) < 4.78 is 117. The molecule has 1 amide bonds. The highest BCUT2D eigenvalue weighted by molar-refractivity contribution is 7.92. The highest BCUT2D eigenvalue weighted by Gasteiger charge is 2.60. The lowest BCUT2D eigenvalue weighted by molar-refractivity contribution is -0.123. The summed E-state index contributed by atoms with van der Waals surface area (Å²) >= 11 is 6.59. The van der Waals surface area contributed by atoms with Gasteiger partial charge in [0.1, 0.15) is 41.2 Å². The van der Waals surface area contributed by atoms with Gasteiger partial charge in [-0.05, 0) is 61.1 Å². The minimum atomic E-state index is -3.83. The summed E-state index contributed by atoms with van der Waals surface area (Å²) in [4.78, 5) is 18.8. The normalized spacial score (nSPS) is 18.7. The van der Waals surface area contributed by atoms with Crippen molar-refractivity contribution in [2.75, 3.05) is 17.6 Å². The van der Waals surface area contributed by atoms with Crippen molar-refractivity contribution in [2.24, 2.45) is 18.4 Å². The number of aromatic nitrogens is 5. The molecule has 3 aromatic heterocycles. The van der Waals surface area contributed by atoms with E-state index in [1.807, 2.05) is 0 Å². The van der Waals surface area contributed by atoms with Crippen molar-refractivity contribution in [1.29, 1.82) is 0 Å². The number of aliphatic hydroxyl groups is 1. The fraction of sp³-hybridized carbons (Fsp3) is 0.333. The second-order valence-corrected chi connectivity index (χ2v) is 16.7. The number of hydrogen-bond acceptors (Lipinski definition) is 7. The van der Waals surface area contributed by atoms with Crippen LogP contribution in [0, 0.1) is 46.6 Å². The van der Waals surface area contributed by atoms with Crippen LogP contribution in [0.5, 0.6) is 0 Å². The quantitative estimate of drug-likeness (QED) is 0.108. The zero-order valence-electron chi connectivity index (χ0n) is 30.3. The fourth-order valence-electron chi connectivity index (χ4n) is 7.47. The van der Waals surface area contributed by atoms with E-state index in [1.165, 1.54) is 17.8 Å². The van der Waals surface area contributed by atoms with Gasteiger partial charge < -0.3 is 10.4 Å². The Bertz CT molecular complexity index is 2780. The molecule has 58 heavy (non-hydrogen) atoms. The lowest BCUT2D eigenvalue weighted by atomic mass is 9.84. The maximum Gasteiger partial charge on any atom is 0.304 e. The van der Waals surface area contributed by atoms with Gasteiger partial charge in [-0.25, -0.2) is 31.0 Å². The third kappa shape index (κ3) is 7.03. The van der Waals surface area contributed by atoms with Gasteiger partial charge in [-0.3, -0.25) is 18.9 Å². The Morgan fingerprint density at radius 2 is 1.78 bits per heavy atom. The minimum Gasteiger partial charge on any atom is -0.395 e. The number of amides is 1. The molecular formula is C39H30ClF6N7O4S. The van der Waals surface area contributed by atoms with Crippen LogP contribution >= 0.6 is 11.6 Å². The maximum absolute atomic E-state index is 15.6. The topological polar surface area (TPSA) is 144 Å². The summed E-state index contributed by atoms with van der Waals surface area (Å²) in [5, 5.41) is 21.0. The summed E-state index contributed by atoms with van der Waals surface area (Å²) in [6.45, 7) is -1.15. The van der Waals surface area contributed by atoms with Crippen LogP contribution < -0.4 is 10.0 Å². The number of hydrogen-bond donors (Lipinski definition) is 3. The predicted octanol–water partition coefficient (Wildman–Crippen LogP) is 6.12. The number of carbonyl (C=O) groups excluding carboxylic acids is 1. The van der Waals surface area contributed by atoms with Gasteiger partial charge in [-0.15, -0.1) is 0 Å². The first-order valence-corrected chi connectivity index (χ1v) is 20.0. The lowest BCUT2D eigenvalue weighted by Crippen LogP contribution is -2.36. The molecule has 5 aromatic rings. The first kappa shape index (κ1) is 39.3. The van der Waals surface area contributed by atoms with E-state index in [4.69, 9.17) is 16.6 Å². The largest absolute Gasteiger partial charge is 0.395 e. The summed E-state index contributed by atoms with van der Waals surface area (Å²) in [5.41, 5.74) is -1.59. The van der Waals surface area contributed by atoms with Gasteiger partial charge in [0, 0.05) is 29.8 Å². The number of pyridine rings is 1. The van der Waals surface area contributed by atoms with Crippen LogP contribution in [0.3, 0.4) is 0 Å². The van der Waals surface area contributed by atoms with E-state index in [1.54, 1.807) is 18.2 Å². The fourth-order valence-corrected chi connectivity index (χ4v) is 8.21. The number of aryl methyl sites for hydroxylation is 1. The number of nitrogens with one attached hydrogen (secondary N) is 2. The molecule has 1 fully saturated rings. The third-order valence-corrected chi connectivity index (χ3v) is 11.2. The number of halogens is 7. The van der Waals surface area contributed by atoms with Crippen LogP contribution in [-0.2, 0) is 40.8 Å². The zero-order chi connectivity index (χ0) is 41.5. The van der Waals surface area contributed by atoms with Gasteiger partial charge in [-0.1, -0.05) is 35.4 Å². The van der Waals surface area contributed by atoms with E-state index in [2.05, 4.69) is 43.9 Å². The number of alkyl halides is 4. The van der Waals surface area contributed by atoms with Crippen LogP contribution in [0.25, 0.3) is 22.0 Å². The molecule has 3 aliphatic rings. The molecule has 0 spiro atoms. The molecule has 2 aromatic carbocycles. The first-order valence-electron chi connectivity index (χ1n) is 17.7. The highest BCUT2D eigenvalue weighted by atomic mass is 35.5. The summed E-state index contributed by atoms with van der Waals surface area (Å²) in [5.74, 6) is 1.45. The smallest absolute Gasteiger partial charge is 0.304 e. The van der Waals surface area contributed by atoms with Crippen molar-refractivity contribution in [3.8, 4) is 34.8 Å². The van der Waals surface area contributed by atoms with Crippen LogP contribution in [0.2, 0.25) is 5.02 Å². The summed E-state index contributed by atoms with van der Waals surface area (Å²) in [6, 6.07) is 7.62. The zero-order valence-corrected chi connectivity index (χ0v) is 31.9. The second-order valence-electron chi connectivity index (χ2n) is 14.6. The molecule has 3 heterocycles. The molecule has 300 valence electrons. The van der Waals surface area contributed by atoms with Crippen LogP contribution in [0.4, 0.5) is 32.2 Å². The SMILES string of the molecule is Cn1nc(NS(C)(=O)=O)c2c(Cl)ccc(-c3ccc(C#CC4(CO)CC4)nc3[C@H](Cc3cc(F)cc(F)c3)NC(=O)Cn3nc(C(F)F)c4c3C(F)(F)[C@@H]3C#C[C@H]43)c21. The van der Waals surface area contributed by atoms with E-state index in [0.717, 1.165) is 18.4 Å². The van der Waals surface area contributed by atoms with Crippen molar-refractivity contribution in [3.63, 3.8) is 0 Å². The van der Waals surface area contributed by atoms with Crippen molar-refractivity contribution in [3.05, 3.63) is 93.0 Å². The number of fused-ring (bicyclic) bond motifs is 4. The molecule has 8 rings (SSSR count). The molecule has 3 N–H and O–H groups in total. The molecule has 0 bridgehead atoms. The van der Waals surface area contributed by atoms with E-state index >= 15 is 8.78 Å². The number of anilines is 1. The standard InChI is InChI=1S/C39H30ClF6N7O4S/c1-52-34-24(6-8-27(40)31(34)37(50-52)51-58(2,56)57)23-4-3-22(9-10-38(18-54)11-12-38)47-32(23)28(15-19-13-20(41)16-21(42)14-19)48-29(55)17-53-35-30(33(49-53)36(43)44)25-5-7-26(25)39(35,45)46/h3-4,6,8,13-14,16,25-26,28,36,54H,11-12,15,17-18H2,1-2H3,(H,48,55)(H,50,51)/t25-,26+,28-/m0/s1. The van der Waals surface area contributed by atoms with Gasteiger partial charge in [-0.2, -0.15) is 19.0 Å². The lowest BCUT2D eigenvalue weighted by Gasteiger charge is -2.24. The Labute approximate surface area is 331 Å². The third-order valence-electron chi connectivity index (χ3n) is 10.3. The van der Waals surface area contributed by atoms with Gasteiger partial charge in [0.05, 0.1) is 51.9 Å². The van der Waals surface area contributed by atoms with E-state index < -0.39 is 86.7 Å². The number of sulfonamides is 1. The Kier molecular flexibility index (Phi) is 9.53. The Morgan fingerprint density at radius 1 is 1.07 bits per heavy atom. The van der Waals surface area contributed by atoms with Gasteiger partial charge >= 0.3 is 5.92 Å². The Balaban J connectivity index is 1.27. The molecule has 19 heteroatoms. The van der Waals surface area contributed by atoms with Crippen molar-refractivity contribution < 1.29 is 44.7 Å². The highest BCUT2D eigenvalue weighted by Crippen LogP contribution is 2.57. The number of carbonyl (C=O) groups is 1. The predicted molar refractivity (Wildman–Crippen MR) is 199 cm³/mol. The molecule has 3 atom stereocenters. The van der Waals surface area contributed by atoms with Gasteiger partial charge in [0.2, 0.25) is 15.9 Å². The molecule has 0 aliphatic heterocycles. The molecule has 3 aliphatic carbocycles. The van der Waals surface area contributed by atoms with E-state index in [9.17, 15) is 35.9 Å². The van der Waals surface area contributed by atoms with Crippen molar-refractivity contribution in [2.45, 2.75) is 50.1 Å². The summed E-state index contributed by atoms with van der Waals surface area (Å²) in [7, 11) is -2.30. The average molecular weight is 842 g/mol. The van der Waals surface area contributed by atoms with Gasteiger partial charge in [0.25, 0.3) is 6.43 Å². The number of nitrogens with zero attached hydrogens (tertiary/aromatic N) is 5. The molecule has 0 unspecified atom stereocenters. The van der Waals surface area contributed by atoms with Crippen molar-refractivity contribution >= 4 is 44.3 Å². The van der Waals surface area contributed by atoms with E-state index in [-0.39, 0.29) is 51.8 Å². The summed E-state index contributed by atoms with van der Waals surface area (Å²) in [6.07, 6.45) is -1.35. The minimum absolute atomic E-state index is 0.0471. The molecule has 11 nitrogen and oxygen atoms in total. The van der Waals surface area contributed by atoms with Gasteiger partial charge in [0.15, 0.2) is 5.82 Å². The van der Waals surface area contributed by atoms with Crippen LogP contribution in [0.1, 0.15) is 65.1 Å². The Hall–Kier alpha value is -5.56. The maximum atomic E-state index is 15.6. The van der Waals surface area contributed by atoms with Crippen molar-refractivity contribution in [1.82, 2.24) is 29.9 Å². The van der Waals surface area contributed by atoms with Crippen LogP contribution in [-0.4, -0.2) is 56.8 Å². The monoisotopic (exact) mass is 841 g/mol. The molecular weight excluding hydrogens is 812 g/mol.